The number of hydrogen-bond donors (Lipinski definition) is 1. The van der Waals surface area contributed by atoms with Crippen LogP contribution in [-0.2, 0) is 7.05 Å². The SMILES string of the molecule is CN(C(=O)Nc1nccn(C)c1=O)C1CC(Oc2ccccc2)C1(C)C. The number of nitrogens with zero attached hydrogens (tertiary/aromatic N) is 3. The molecule has 0 bridgehead atoms. The lowest BCUT2D eigenvalue weighted by Gasteiger charge is -2.54. The van der Waals surface area contributed by atoms with Gasteiger partial charge < -0.3 is 14.2 Å². The molecule has 2 unspecified atom stereocenters. The van der Waals surface area contributed by atoms with Crippen molar-refractivity contribution in [1.29, 1.82) is 0 Å². The van der Waals surface area contributed by atoms with Gasteiger partial charge in [0.2, 0.25) is 5.82 Å². The Labute approximate surface area is 152 Å². The number of urea groups is 1. The predicted octanol–water partition coefficient (Wildman–Crippen LogP) is 2.49. The molecule has 0 spiro atoms. The van der Waals surface area contributed by atoms with Gasteiger partial charge in [0.1, 0.15) is 11.9 Å². The first-order valence-electron chi connectivity index (χ1n) is 8.58. The van der Waals surface area contributed by atoms with Crippen LogP contribution >= 0.6 is 0 Å². The summed E-state index contributed by atoms with van der Waals surface area (Å²) in [5.74, 6) is 0.856. The average molecular weight is 356 g/mol. The molecule has 1 aromatic heterocycles. The van der Waals surface area contributed by atoms with Gasteiger partial charge in [-0.3, -0.25) is 10.1 Å². The molecule has 7 nitrogen and oxygen atoms in total. The first kappa shape index (κ1) is 18.0. The zero-order chi connectivity index (χ0) is 18.9. The Bertz CT molecular complexity index is 847. The van der Waals surface area contributed by atoms with Crippen LogP contribution in [0.25, 0.3) is 0 Å². The fourth-order valence-corrected chi connectivity index (χ4v) is 3.30. The minimum Gasteiger partial charge on any atom is -0.490 e. The number of anilines is 1. The quantitative estimate of drug-likeness (QED) is 0.913. The molecule has 1 N–H and O–H groups in total. The number of carbonyl (C=O) groups is 1. The monoisotopic (exact) mass is 356 g/mol. The molecule has 0 saturated heterocycles. The fourth-order valence-electron chi connectivity index (χ4n) is 3.30. The Morgan fingerprint density at radius 1 is 1.35 bits per heavy atom. The maximum atomic E-state index is 12.5. The van der Waals surface area contributed by atoms with E-state index in [4.69, 9.17) is 4.74 Å². The van der Waals surface area contributed by atoms with Crippen molar-refractivity contribution in [3.63, 3.8) is 0 Å². The first-order valence-corrected chi connectivity index (χ1v) is 8.58. The van der Waals surface area contributed by atoms with Gasteiger partial charge in [0, 0.05) is 44.4 Å². The summed E-state index contributed by atoms with van der Waals surface area (Å²) in [7, 11) is 3.35. The minimum atomic E-state index is -0.350. The zero-order valence-electron chi connectivity index (χ0n) is 15.5. The van der Waals surface area contributed by atoms with Crippen molar-refractivity contribution in [3.8, 4) is 5.75 Å². The molecule has 1 saturated carbocycles. The van der Waals surface area contributed by atoms with Crippen LogP contribution in [-0.4, -0.2) is 39.7 Å². The Morgan fingerprint density at radius 3 is 2.69 bits per heavy atom. The van der Waals surface area contributed by atoms with Gasteiger partial charge in [-0.15, -0.1) is 0 Å². The largest absolute Gasteiger partial charge is 0.490 e. The Balaban J connectivity index is 1.65. The van der Waals surface area contributed by atoms with Crippen LogP contribution in [0.4, 0.5) is 10.6 Å². The summed E-state index contributed by atoms with van der Waals surface area (Å²) < 4.78 is 7.43. The molecule has 3 rings (SSSR count). The van der Waals surface area contributed by atoms with E-state index in [1.807, 2.05) is 30.3 Å². The van der Waals surface area contributed by atoms with E-state index in [1.54, 1.807) is 25.2 Å². The van der Waals surface area contributed by atoms with E-state index in [0.29, 0.717) is 0 Å². The molecule has 1 fully saturated rings. The molecule has 1 aromatic carbocycles. The Morgan fingerprint density at radius 2 is 2.04 bits per heavy atom. The molecular formula is C19H24N4O3. The molecule has 0 radical (unpaired) electrons. The second-order valence-electron chi connectivity index (χ2n) is 7.23. The van der Waals surface area contributed by atoms with Crippen LogP contribution in [0.15, 0.2) is 47.5 Å². The van der Waals surface area contributed by atoms with Gasteiger partial charge in [0.25, 0.3) is 5.56 Å². The standard InChI is InChI=1S/C19H24N4O3/c1-19(2)14(12-15(19)26-13-8-6-5-7-9-13)23(4)18(25)21-16-17(24)22(3)11-10-20-16/h5-11,14-15H,12H2,1-4H3,(H,20,21,25). The van der Waals surface area contributed by atoms with Crippen molar-refractivity contribution >= 4 is 11.8 Å². The second-order valence-corrected chi connectivity index (χ2v) is 7.23. The molecule has 26 heavy (non-hydrogen) atoms. The number of ether oxygens (including phenoxy) is 1. The van der Waals surface area contributed by atoms with E-state index in [2.05, 4.69) is 24.1 Å². The summed E-state index contributed by atoms with van der Waals surface area (Å²) in [4.78, 5) is 30.1. The number of aromatic nitrogens is 2. The predicted molar refractivity (Wildman–Crippen MR) is 99.3 cm³/mol. The molecule has 2 atom stereocenters. The number of aryl methyl sites for hydroxylation is 1. The third-order valence-electron chi connectivity index (χ3n) is 5.18. The zero-order valence-corrected chi connectivity index (χ0v) is 15.5. The van der Waals surface area contributed by atoms with E-state index >= 15 is 0 Å². The van der Waals surface area contributed by atoms with Crippen LogP contribution < -0.4 is 15.6 Å². The molecule has 1 heterocycles. The number of rotatable bonds is 4. The maximum Gasteiger partial charge on any atom is 0.323 e. The fraction of sp³-hybridized carbons (Fsp3) is 0.421. The first-order chi connectivity index (χ1) is 12.3. The number of benzene rings is 1. The Hall–Kier alpha value is -2.83. The highest BCUT2D eigenvalue weighted by Crippen LogP contribution is 2.45. The van der Waals surface area contributed by atoms with E-state index in [9.17, 15) is 9.59 Å². The van der Waals surface area contributed by atoms with E-state index in [1.165, 1.54) is 10.8 Å². The molecule has 2 amide bonds. The highest BCUT2D eigenvalue weighted by molar-refractivity contribution is 5.88. The third-order valence-corrected chi connectivity index (χ3v) is 5.18. The average Bonchev–Trinajstić information content (AvgIpc) is 2.62. The van der Waals surface area contributed by atoms with Crippen LogP contribution in [0.2, 0.25) is 0 Å². The molecule has 1 aliphatic rings. The normalized spacial score (nSPS) is 20.8. The van der Waals surface area contributed by atoms with E-state index < -0.39 is 0 Å². The number of nitrogens with one attached hydrogen (secondary N) is 1. The van der Waals surface area contributed by atoms with Crippen molar-refractivity contribution in [3.05, 3.63) is 53.1 Å². The molecule has 138 valence electrons. The van der Waals surface area contributed by atoms with Crippen molar-refractivity contribution in [2.45, 2.75) is 32.4 Å². The third kappa shape index (κ3) is 3.29. The summed E-state index contributed by atoms with van der Waals surface area (Å²) >= 11 is 0. The highest BCUT2D eigenvalue weighted by atomic mass is 16.5. The van der Waals surface area contributed by atoms with E-state index in [0.717, 1.165) is 12.2 Å². The maximum absolute atomic E-state index is 12.5. The van der Waals surface area contributed by atoms with Crippen LogP contribution in [0.1, 0.15) is 20.3 Å². The number of carbonyl (C=O) groups excluding carboxylic acids is 1. The van der Waals surface area contributed by atoms with Crippen LogP contribution in [0, 0.1) is 5.41 Å². The number of para-hydroxylation sites is 1. The van der Waals surface area contributed by atoms with Gasteiger partial charge in [-0.05, 0) is 12.1 Å². The van der Waals surface area contributed by atoms with Gasteiger partial charge in [-0.25, -0.2) is 9.78 Å². The summed E-state index contributed by atoms with van der Waals surface area (Å²) in [6.45, 7) is 4.16. The van der Waals surface area contributed by atoms with Gasteiger partial charge in [0.15, 0.2) is 0 Å². The van der Waals surface area contributed by atoms with Crippen LogP contribution in [0.3, 0.4) is 0 Å². The summed E-state index contributed by atoms with van der Waals surface area (Å²) in [5, 5.41) is 2.60. The molecule has 1 aliphatic carbocycles. The van der Waals surface area contributed by atoms with Gasteiger partial charge >= 0.3 is 6.03 Å². The molecule has 0 aliphatic heterocycles. The van der Waals surface area contributed by atoms with Crippen molar-refractivity contribution in [1.82, 2.24) is 14.5 Å². The lowest BCUT2D eigenvalue weighted by Crippen LogP contribution is -2.64. The lowest BCUT2D eigenvalue weighted by atomic mass is 9.64. The van der Waals surface area contributed by atoms with Crippen molar-refractivity contribution < 1.29 is 9.53 Å². The van der Waals surface area contributed by atoms with E-state index in [-0.39, 0.29) is 35.0 Å². The number of hydrogen-bond acceptors (Lipinski definition) is 4. The number of amides is 2. The summed E-state index contributed by atoms with van der Waals surface area (Å²) in [6, 6.07) is 9.33. The topological polar surface area (TPSA) is 76.5 Å². The van der Waals surface area contributed by atoms with Crippen LogP contribution in [0.5, 0.6) is 5.75 Å². The van der Waals surface area contributed by atoms with Gasteiger partial charge in [0.05, 0.1) is 0 Å². The molecule has 7 heteroatoms. The highest BCUT2D eigenvalue weighted by Gasteiger charge is 2.53. The minimum absolute atomic E-state index is 0.00350. The molecular weight excluding hydrogens is 332 g/mol. The van der Waals surface area contributed by atoms with Gasteiger partial charge in [-0.2, -0.15) is 0 Å². The summed E-state index contributed by atoms with van der Waals surface area (Å²) in [5.41, 5.74) is -0.552. The van der Waals surface area contributed by atoms with Crippen molar-refractivity contribution in [2.24, 2.45) is 12.5 Å². The Kier molecular flexibility index (Phi) is 4.71. The second kappa shape index (κ2) is 6.82. The molecule has 2 aromatic rings. The lowest BCUT2D eigenvalue weighted by molar-refractivity contribution is -0.0848. The van der Waals surface area contributed by atoms with Crippen molar-refractivity contribution in [2.75, 3.05) is 12.4 Å². The van der Waals surface area contributed by atoms with Gasteiger partial charge in [-0.1, -0.05) is 32.0 Å². The summed E-state index contributed by atoms with van der Waals surface area (Å²) in [6.07, 6.45) is 3.77. The smallest absolute Gasteiger partial charge is 0.323 e.